The Kier molecular flexibility index (Phi) is 4.94. The number of hydrogen-bond donors (Lipinski definition) is 1. The lowest BCUT2D eigenvalue weighted by Gasteiger charge is -2.01. The second-order valence-electron chi connectivity index (χ2n) is 4.58. The summed E-state index contributed by atoms with van der Waals surface area (Å²) in [7, 11) is 1.34. The van der Waals surface area contributed by atoms with Gasteiger partial charge < -0.3 is 10.1 Å². The van der Waals surface area contributed by atoms with Gasteiger partial charge in [0.1, 0.15) is 0 Å². The summed E-state index contributed by atoms with van der Waals surface area (Å²) < 4.78 is 4.68. The molecule has 0 atom stereocenters. The number of ether oxygens (including phenoxy) is 1. The molecule has 0 aliphatic rings. The summed E-state index contributed by atoms with van der Waals surface area (Å²) in [5.41, 5.74) is 2.64. The first kappa shape index (κ1) is 15.3. The number of nitrogens with one attached hydrogen (secondary N) is 1. The maximum absolute atomic E-state index is 11.5. The molecule has 0 fully saturated rings. The van der Waals surface area contributed by atoms with Crippen LogP contribution in [0.25, 0.3) is 0 Å². The van der Waals surface area contributed by atoms with Crippen LogP contribution >= 0.6 is 0 Å². The van der Waals surface area contributed by atoms with Gasteiger partial charge in [0.2, 0.25) is 5.91 Å². The molecule has 0 spiro atoms. The number of hydrogen-bond acceptors (Lipinski definition) is 3. The van der Waals surface area contributed by atoms with E-state index in [0.29, 0.717) is 16.8 Å². The monoisotopic (exact) mass is 293 g/mol. The van der Waals surface area contributed by atoms with Crippen LogP contribution in [0, 0.1) is 11.8 Å². The van der Waals surface area contributed by atoms with Crippen LogP contribution in [0.5, 0.6) is 0 Å². The minimum atomic E-state index is -0.392. The average molecular weight is 293 g/mol. The van der Waals surface area contributed by atoms with Gasteiger partial charge in [-0.2, -0.15) is 0 Å². The molecule has 4 heteroatoms. The number of carbonyl (C=O) groups excluding carboxylic acids is 2. The topological polar surface area (TPSA) is 55.4 Å². The number of anilines is 1. The lowest BCUT2D eigenvalue weighted by atomic mass is 10.1. The van der Waals surface area contributed by atoms with Crippen molar-refractivity contribution in [1.29, 1.82) is 0 Å². The second kappa shape index (κ2) is 7.09. The average Bonchev–Trinajstić information content (AvgIpc) is 2.52. The Bertz CT molecular complexity index is 769. The molecule has 2 aromatic rings. The fraction of sp³-hybridized carbons (Fsp3) is 0.111. The van der Waals surface area contributed by atoms with Crippen LogP contribution in [0.2, 0.25) is 0 Å². The van der Waals surface area contributed by atoms with Gasteiger partial charge in [-0.3, -0.25) is 4.79 Å². The van der Waals surface area contributed by atoms with E-state index in [2.05, 4.69) is 21.9 Å². The second-order valence-corrected chi connectivity index (χ2v) is 4.58. The van der Waals surface area contributed by atoms with E-state index in [9.17, 15) is 9.59 Å². The Morgan fingerprint density at radius 1 is 1.00 bits per heavy atom. The lowest BCUT2D eigenvalue weighted by molar-refractivity contribution is -0.114. The van der Waals surface area contributed by atoms with Gasteiger partial charge in [-0.15, -0.1) is 0 Å². The van der Waals surface area contributed by atoms with E-state index in [1.165, 1.54) is 14.0 Å². The molecule has 1 N–H and O–H groups in total. The summed E-state index contributed by atoms with van der Waals surface area (Å²) >= 11 is 0. The van der Waals surface area contributed by atoms with Crippen molar-refractivity contribution < 1.29 is 14.3 Å². The molecule has 110 valence electrons. The Hall–Kier alpha value is -3.06. The van der Waals surface area contributed by atoms with Gasteiger partial charge in [-0.05, 0) is 36.4 Å². The maximum atomic E-state index is 11.5. The summed E-state index contributed by atoms with van der Waals surface area (Å²) in [4.78, 5) is 22.5. The Morgan fingerprint density at radius 2 is 1.64 bits per heavy atom. The van der Waals surface area contributed by atoms with Crippen molar-refractivity contribution in [3.05, 3.63) is 65.2 Å². The molecule has 4 nitrogen and oxygen atoms in total. The van der Waals surface area contributed by atoms with Crippen LogP contribution in [-0.2, 0) is 9.53 Å². The van der Waals surface area contributed by atoms with E-state index in [-0.39, 0.29) is 5.91 Å². The highest BCUT2D eigenvalue weighted by molar-refractivity contribution is 5.90. The van der Waals surface area contributed by atoms with Crippen LogP contribution in [0.15, 0.2) is 48.5 Å². The van der Waals surface area contributed by atoms with Crippen LogP contribution in [0.3, 0.4) is 0 Å². The molecule has 0 saturated heterocycles. The summed E-state index contributed by atoms with van der Waals surface area (Å²) in [5, 5.41) is 2.71. The van der Waals surface area contributed by atoms with Crippen LogP contribution in [-0.4, -0.2) is 19.0 Å². The molecular weight excluding hydrogens is 278 g/mol. The van der Waals surface area contributed by atoms with Gasteiger partial charge in [0.05, 0.1) is 12.7 Å². The molecule has 2 rings (SSSR count). The lowest BCUT2D eigenvalue weighted by Crippen LogP contribution is -2.05. The predicted octanol–water partition coefficient (Wildman–Crippen LogP) is 2.83. The van der Waals surface area contributed by atoms with E-state index in [4.69, 9.17) is 0 Å². The smallest absolute Gasteiger partial charge is 0.337 e. The van der Waals surface area contributed by atoms with Gasteiger partial charge in [0, 0.05) is 23.7 Å². The summed E-state index contributed by atoms with van der Waals surface area (Å²) in [6, 6.07) is 14.2. The zero-order valence-corrected chi connectivity index (χ0v) is 12.3. The summed E-state index contributed by atoms with van der Waals surface area (Å²) in [6.07, 6.45) is 0. The molecule has 0 aliphatic heterocycles. The molecule has 0 bridgehead atoms. The first-order valence-corrected chi connectivity index (χ1v) is 6.66. The number of esters is 1. The Labute approximate surface area is 129 Å². The van der Waals surface area contributed by atoms with E-state index in [1.54, 1.807) is 30.3 Å². The van der Waals surface area contributed by atoms with E-state index < -0.39 is 5.97 Å². The molecule has 2 aromatic carbocycles. The predicted molar refractivity (Wildman–Crippen MR) is 84.5 cm³/mol. The molecule has 22 heavy (non-hydrogen) atoms. The molecule has 0 aromatic heterocycles. The van der Waals surface area contributed by atoms with Gasteiger partial charge >= 0.3 is 5.97 Å². The molecule has 0 radical (unpaired) electrons. The first-order chi connectivity index (χ1) is 10.6. The molecule has 0 unspecified atom stereocenters. The van der Waals surface area contributed by atoms with Crippen LogP contribution < -0.4 is 5.32 Å². The molecule has 1 amide bonds. The maximum Gasteiger partial charge on any atom is 0.337 e. The molecule has 0 saturated carbocycles. The zero-order valence-electron chi connectivity index (χ0n) is 12.3. The third-order valence-electron chi connectivity index (χ3n) is 2.82. The van der Waals surface area contributed by atoms with Gasteiger partial charge in [-0.1, -0.05) is 24.0 Å². The van der Waals surface area contributed by atoms with Crippen molar-refractivity contribution in [1.82, 2.24) is 0 Å². The van der Waals surface area contributed by atoms with Gasteiger partial charge in [-0.25, -0.2) is 4.79 Å². The summed E-state index contributed by atoms with van der Waals surface area (Å²) in [6.45, 7) is 1.46. The molecule has 0 heterocycles. The van der Waals surface area contributed by atoms with Crippen molar-refractivity contribution in [2.75, 3.05) is 12.4 Å². The van der Waals surface area contributed by atoms with Crippen LogP contribution in [0.1, 0.15) is 28.4 Å². The highest BCUT2D eigenvalue weighted by atomic mass is 16.5. The largest absolute Gasteiger partial charge is 0.465 e. The fourth-order valence-corrected chi connectivity index (χ4v) is 1.86. The highest BCUT2D eigenvalue weighted by Crippen LogP contribution is 2.10. The zero-order chi connectivity index (χ0) is 15.9. The SMILES string of the molecule is COC(=O)c1cccc(C#Cc2cccc(NC(C)=O)c2)c1. The normalized spacial score (nSPS) is 9.36. The number of methoxy groups -OCH3 is 1. The standard InChI is InChI=1S/C18H15NO3/c1-13(20)19-17-8-4-6-15(12-17)10-9-14-5-3-7-16(11-14)18(21)22-2/h3-8,11-12H,1-2H3,(H,19,20). The van der Waals surface area contributed by atoms with E-state index in [1.807, 2.05) is 18.2 Å². The quantitative estimate of drug-likeness (QED) is 0.684. The third-order valence-corrected chi connectivity index (χ3v) is 2.82. The van der Waals surface area contributed by atoms with Crippen LogP contribution in [0.4, 0.5) is 5.69 Å². The van der Waals surface area contributed by atoms with Gasteiger partial charge in [0.25, 0.3) is 0 Å². The van der Waals surface area contributed by atoms with Crippen molar-refractivity contribution in [3.8, 4) is 11.8 Å². The number of rotatable bonds is 2. The van der Waals surface area contributed by atoms with Crippen molar-refractivity contribution >= 4 is 17.6 Å². The van der Waals surface area contributed by atoms with E-state index in [0.717, 1.165) is 5.56 Å². The number of amides is 1. The minimum absolute atomic E-state index is 0.129. The van der Waals surface area contributed by atoms with Crippen molar-refractivity contribution in [2.45, 2.75) is 6.92 Å². The fourth-order valence-electron chi connectivity index (χ4n) is 1.86. The first-order valence-electron chi connectivity index (χ1n) is 6.66. The number of carbonyl (C=O) groups is 2. The van der Waals surface area contributed by atoms with Crippen molar-refractivity contribution in [2.24, 2.45) is 0 Å². The van der Waals surface area contributed by atoms with Crippen molar-refractivity contribution in [3.63, 3.8) is 0 Å². The highest BCUT2D eigenvalue weighted by Gasteiger charge is 2.04. The number of benzene rings is 2. The Morgan fingerprint density at radius 3 is 2.27 bits per heavy atom. The third kappa shape index (κ3) is 4.22. The van der Waals surface area contributed by atoms with Gasteiger partial charge in [0.15, 0.2) is 0 Å². The van der Waals surface area contributed by atoms with E-state index >= 15 is 0 Å². The minimum Gasteiger partial charge on any atom is -0.465 e. The molecule has 0 aliphatic carbocycles. The Balaban J connectivity index is 2.23. The molecular formula is C18H15NO3. The summed E-state index contributed by atoms with van der Waals surface area (Å²) in [5.74, 6) is 5.47.